The molecule has 0 aliphatic carbocycles. The van der Waals surface area contributed by atoms with Crippen LogP contribution in [0, 0.1) is 25.2 Å². The molecule has 0 spiro atoms. The maximum Gasteiger partial charge on any atom is 0.349 e. The molecule has 2 aromatic rings. The summed E-state index contributed by atoms with van der Waals surface area (Å²) in [6, 6.07) is 11.2. The molecular weight excluding hydrogens is 346 g/mol. The number of nitrogens with two attached hydrogens (primary N) is 1. The van der Waals surface area contributed by atoms with Crippen LogP contribution in [0.5, 0.6) is 5.75 Å². The zero-order valence-corrected chi connectivity index (χ0v) is 15.6. The van der Waals surface area contributed by atoms with Crippen LogP contribution in [-0.4, -0.2) is 29.7 Å². The van der Waals surface area contributed by atoms with Crippen LogP contribution in [0.3, 0.4) is 0 Å². The van der Waals surface area contributed by atoms with Gasteiger partial charge in [0.1, 0.15) is 17.4 Å². The molecule has 7 nitrogen and oxygen atoms in total. The number of rotatable bonds is 6. The van der Waals surface area contributed by atoms with Gasteiger partial charge in [0.05, 0.1) is 7.11 Å². The largest absolute Gasteiger partial charge is 0.497 e. The van der Waals surface area contributed by atoms with Gasteiger partial charge in [0.2, 0.25) is 0 Å². The fourth-order valence-electron chi connectivity index (χ4n) is 2.64. The average Bonchev–Trinajstić information content (AvgIpc) is 2.92. The van der Waals surface area contributed by atoms with E-state index in [9.17, 15) is 14.9 Å². The van der Waals surface area contributed by atoms with E-state index in [1.54, 1.807) is 7.11 Å². The summed E-state index contributed by atoms with van der Waals surface area (Å²) < 4.78 is 12.1. The predicted octanol–water partition coefficient (Wildman–Crippen LogP) is 2.43. The molecule has 1 heterocycles. The number of methoxy groups -OCH3 is 1. The maximum absolute atomic E-state index is 12.1. The molecule has 0 fully saturated rings. The van der Waals surface area contributed by atoms with Gasteiger partial charge in [-0.25, -0.2) is 4.79 Å². The Labute approximate surface area is 157 Å². The Bertz CT molecular complexity index is 933. The van der Waals surface area contributed by atoms with Crippen molar-refractivity contribution in [2.24, 2.45) is 5.73 Å². The Kier molecular flexibility index (Phi) is 6.03. The monoisotopic (exact) mass is 367 g/mol. The van der Waals surface area contributed by atoms with Gasteiger partial charge >= 0.3 is 5.97 Å². The number of carbonyl (C=O) groups excluding carboxylic acids is 2. The van der Waals surface area contributed by atoms with Gasteiger partial charge in [0, 0.05) is 17.1 Å². The molecule has 2 N–H and O–H groups in total. The first kappa shape index (κ1) is 19.8. The first-order chi connectivity index (χ1) is 12.8. The van der Waals surface area contributed by atoms with Crippen LogP contribution >= 0.6 is 0 Å². The van der Waals surface area contributed by atoms with E-state index in [4.69, 9.17) is 15.2 Å². The molecule has 1 aromatic heterocycles. The highest BCUT2D eigenvalue weighted by Gasteiger charge is 2.19. The van der Waals surface area contributed by atoms with Crippen molar-refractivity contribution in [3.8, 4) is 17.5 Å². The number of benzene rings is 1. The molecule has 0 saturated heterocycles. The summed E-state index contributed by atoms with van der Waals surface area (Å²) in [5.41, 5.74) is 8.27. The van der Waals surface area contributed by atoms with Crippen molar-refractivity contribution < 1.29 is 19.1 Å². The minimum Gasteiger partial charge on any atom is -0.497 e. The molecule has 0 bridgehead atoms. The number of aryl methyl sites for hydroxylation is 1. The average molecular weight is 367 g/mol. The third-order valence-corrected chi connectivity index (χ3v) is 4.13. The van der Waals surface area contributed by atoms with Crippen molar-refractivity contribution in [3.05, 3.63) is 52.9 Å². The van der Waals surface area contributed by atoms with Crippen LogP contribution in [0.15, 0.2) is 35.9 Å². The van der Waals surface area contributed by atoms with Gasteiger partial charge in [0.25, 0.3) is 5.91 Å². The van der Waals surface area contributed by atoms with E-state index < -0.39 is 18.0 Å². The molecule has 0 radical (unpaired) electrons. The molecule has 0 saturated carbocycles. The second-order valence-electron chi connectivity index (χ2n) is 5.98. The molecule has 140 valence electrons. The number of hydrogen-bond acceptors (Lipinski definition) is 5. The van der Waals surface area contributed by atoms with Crippen molar-refractivity contribution in [3.63, 3.8) is 0 Å². The Morgan fingerprint density at radius 2 is 1.89 bits per heavy atom. The molecule has 0 aliphatic rings. The van der Waals surface area contributed by atoms with Gasteiger partial charge in [-0.05, 0) is 62.7 Å². The van der Waals surface area contributed by atoms with E-state index in [1.165, 1.54) is 13.0 Å². The zero-order chi connectivity index (χ0) is 20.1. The van der Waals surface area contributed by atoms with Gasteiger partial charge in [-0.1, -0.05) is 0 Å². The summed E-state index contributed by atoms with van der Waals surface area (Å²) in [6.07, 6.45) is 0.333. The SMILES string of the molecule is COc1ccc(-n2c(C)cc(/C=C(/C#N)C(=O)O[C@H](C)C(N)=O)c2C)cc1. The summed E-state index contributed by atoms with van der Waals surface area (Å²) in [4.78, 5) is 23.1. The summed E-state index contributed by atoms with van der Waals surface area (Å²) in [7, 11) is 1.60. The topological polar surface area (TPSA) is 107 Å². The van der Waals surface area contributed by atoms with Crippen LogP contribution in [0.2, 0.25) is 0 Å². The summed E-state index contributed by atoms with van der Waals surface area (Å²) in [5, 5.41) is 9.29. The second kappa shape index (κ2) is 8.23. The highest BCUT2D eigenvalue weighted by Crippen LogP contribution is 2.24. The molecule has 1 amide bonds. The van der Waals surface area contributed by atoms with Crippen LogP contribution < -0.4 is 10.5 Å². The summed E-state index contributed by atoms with van der Waals surface area (Å²) in [6.45, 7) is 5.16. The Morgan fingerprint density at radius 3 is 2.41 bits per heavy atom. The fraction of sp³-hybridized carbons (Fsp3) is 0.250. The zero-order valence-electron chi connectivity index (χ0n) is 15.6. The Balaban J connectivity index is 2.38. The van der Waals surface area contributed by atoms with Crippen molar-refractivity contribution >= 4 is 18.0 Å². The van der Waals surface area contributed by atoms with Gasteiger partial charge < -0.3 is 19.8 Å². The van der Waals surface area contributed by atoms with Crippen molar-refractivity contribution in [2.75, 3.05) is 7.11 Å². The first-order valence-electron chi connectivity index (χ1n) is 8.24. The van der Waals surface area contributed by atoms with E-state index >= 15 is 0 Å². The fourth-order valence-corrected chi connectivity index (χ4v) is 2.64. The molecule has 0 unspecified atom stereocenters. The second-order valence-corrected chi connectivity index (χ2v) is 5.98. The number of nitrogens with zero attached hydrogens (tertiary/aromatic N) is 2. The van der Waals surface area contributed by atoms with Gasteiger partial charge in [0.15, 0.2) is 6.10 Å². The number of carbonyl (C=O) groups is 2. The minimum absolute atomic E-state index is 0.210. The molecular formula is C20H21N3O4. The van der Waals surface area contributed by atoms with Crippen molar-refractivity contribution in [2.45, 2.75) is 26.9 Å². The van der Waals surface area contributed by atoms with Crippen LogP contribution in [-0.2, 0) is 14.3 Å². The number of primary amides is 1. The molecule has 1 aromatic carbocycles. The number of hydrogen-bond donors (Lipinski definition) is 1. The van der Waals surface area contributed by atoms with Crippen LogP contribution in [0.25, 0.3) is 11.8 Å². The maximum atomic E-state index is 12.1. The van der Waals surface area contributed by atoms with E-state index in [-0.39, 0.29) is 5.57 Å². The third-order valence-electron chi connectivity index (χ3n) is 4.13. The summed E-state index contributed by atoms with van der Waals surface area (Å²) >= 11 is 0. The van der Waals surface area contributed by atoms with Gasteiger partial charge in [-0.3, -0.25) is 4.79 Å². The van der Waals surface area contributed by atoms with Crippen molar-refractivity contribution in [1.29, 1.82) is 5.26 Å². The number of ether oxygens (including phenoxy) is 2. The van der Waals surface area contributed by atoms with Crippen molar-refractivity contribution in [1.82, 2.24) is 4.57 Å². The standard InChI is InChI=1S/C20H21N3O4/c1-12-9-15(10-16(11-21)20(25)27-14(3)19(22)24)13(2)23(12)17-5-7-18(26-4)8-6-17/h5-10,14H,1-4H3,(H2,22,24)/b16-10-/t14-/m1/s1. The molecule has 1 atom stereocenters. The molecule has 0 aliphatic heterocycles. The first-order valence-corrected chi connectivity index (χ1v) is 8.24. The van der Waals surface area contributed by atoms with E-state index in [0.717, 1.165) is 22.8 Å². The van der Waals surface area contributed by atoms with E-state index in [2.05, 4.69) is 0 Å². The molecule has 7 heteroatoms. The number of aromatic nitrogens is 1. The lowest BCUT2D eigenvalue weighted by Crippen LogP contribution is -2.30. The van der Waals surface area contributed by atoms with Crippen LogP contribution in [0.4, 0.5) is 0 Å². The molecule has 27 heavy (non-hydrogen) atoms. The Hall–Kier alpha value is -3.53. The predicted molar refractivity (Wildman–Crippen MR) is 100 cm³/mol. The van der Waals surface area contributed by atoms with Crippen LogP contribution in [0.1, 0.15) is 23.9 Å². The number of amides is 1. The van der Waals surface area contributed by atoms with Gasteiger partial charge in [-0.15, -0.1) is 0 Å². The lowest BCUT2D eigenvalue weighted by Gasteiger charge is -2.10. The Morgan fingerprint density at radius 1 is 1.26 bits per heavy atom. The van der Waals surface area contributed by atoms with E-state index in [1.807, 2.05) is 54.8 Å². The highest BCUT2D eigenvalue weighted by molar-refractivity contribution is 5.99. The summed E-state index contributed by atoms with van der Waals surface area (Å²) in [5.74, 6) is -0.921. The third kappa shape index (κ3) is 4.36. The minimum atomic E-state index is -1.11. The number of nitriles is 1. The van der Waals surface area contributed by atoms with E-state index in [0.29, 0.717) is 5.56 Å². The lowest BCUT2D eigenvalue weighted by molar-refractivity contribution is -0.149. The smallest absolute Gasteiger partial charge is 0.349 e. The lowest BCUT2D eigenvalue weighted by atomic mass is 10.1. The quantitative estimate of drug-likeness (QED) is 0.479. The number of esters is 1. The molecule has 2 rings (SSSR count). The highest BCUT2D eigenvalue weighted by atomic mass is 16.5. The van der Waals surface area contributed by atoms with Gasteiger partial charge in [-0.2, -0.15) is 5.26 Å². The normalized spacial score (nSPS) is 12.2.